The second-order valence-corrected chi connectivity index (χ2v) is 6.39. The summed E-state index contributed by atoms with van der Waals surface area (Å²) in [4.78, 5) is 35.6. The van der Waals surface area contributed by atoms with Crippen molar-refractivity contribution in [1.29, 1.82) is 0 Å². The van der Waals surface area contributed by atoms with Gasteiger partial charge in [-0.05, 0) is 49.6 Å². The number of rotatable bonds is 7. The Morgan fingerprint density at radius 2 is 1.48 bits per heavy atom. The number of anilines is 2. The Morgan fingerprint density at radius 1 is 0.815 bits per heavy atom. The van der Waals surface area contributed by atoms with E-state index in [0.717, 1.165) is 16.7 Å². The van der Waals surface area contributed by atoms with Crippen molar-refractivity contribution in [3.8, 4) is 0 Å². The lowest BCUT2D eigenvalue weighted by atomic mass is 10.1. The molecule has 0 saturated carbocycles. The Hall–Kier alpha value is -3.15. The summed E-state index contributed by atoms with van der Waals surface area (Å²) in [5, 5.41) is 5.46. The summed E-state index contributed by atoms with van der Waals surface area (Å²) in [6.07, 6.45) is -0.0970. The normalized spacial score (nSPS) is 10.2. The number of benzene rings is 2. The molecule has 2 aromatic carbocycles. The molecule has 0 spiro atoms. The summed E-state index contributed by atoms with van der Waals surface area (Å²) in [7, 11) is 0. The highest BCUT2D eigenvalue weighted by Gasteiger charge is 2.12. The van der Waals surface area contributed by atoms with Gasteiger partial charge in [-0.2, -0.15) is 0 Å². The Kier molecular flexibility index (Phi) is 7.11. The van der Waals surface area contributed by atoms with E-state index >= 15 is 0 Å². The second-order valence-electron chi connectivity index (χ2n) is 6.39. The van der Waals surface area contributed by atoms with E-state index in [1.165, 1.54) is 0 Å². The van der Waals surface area contributed by atoms with Crippen LogP contribution in [0.25, 0.3) is 0 Å². The molecule has 27 heavy (non-hydrogen) atoms. The zero-order valence-electron chi connectivity index (χ0n) is 15.8. The number of ether oxygens (including phenoxy) is 1. The molecule has 0 saturated heterocycles. The van der Waals surface area contributed by atoms with E-state index in [1.54, 1.807) is 6.07 Å². The third kappa shape index (κ3) is 6.58. The zero-order valence-corrected chi connectivity index (χ0v) is 15.8. The molecular formula is C21H24N2O4. The van der Waals surface area contributed by atoms with Crippen molar-refractivity contribution in [2.45, 2.75) is 33.6 Å². The molecule has 0 aromatic heterocycles. The highest BCUT2D eigenvalue weighted by molar-refractivity contribution is 5.95. The molecule has 2 amide bonds. The van der Waals surface area contributed by atoms with Crippen LogP contribution in [0.1, 0.15) is 29.5 Å². The first-order chi connectivity index (χ1) is 12.8. The standard InChI is InChI=1S/C21H24N2O4/c1-14-8-9-16(3)18(12-14)23-20(25)13-27-21(26)11-10-19(24)22-17-7-5-4-6-15(17)2/h4-9,12H,10-11,13H2,1-3H3,(H,22,24)(H,23,25). The van der Waals surface area contributed by atoms with Crippen molar-refractivity contribution in [1.82, 2.24) is 0 Å². The van der Waals surface area contributed by atoms with Crippen LogP contribution in [0.4, 0.5) is 11.4 Å². The molecule has 0 bridgehead atoms. The Bertz CT molecular complexity index is 846. The summed E-state index contributed by atoms with van der Waals surface area (Å²) in [6, 6.07) is 13.1. The monoisotopic (exact) mass is 368 g/mol. The Balaban J connectivity index is 1.72. The lowest BCUT2D eigenvalue weighted by molar-refractivity contribution is -0.147. The van der Waals surface area contributed by atoms with Crippen LogP contribution in [-0.4, -0.2) is 24.4 Å². The van der Waals surface area contributed by atoms with Crippen LogP contribution >= 0.6 is 0 Å². The van der Waals surface area contributed by atoms with Crippen molar-refractivity contribution in [3.63, 3.8) is 0 Å². The Morgan fingerprint density at radius 3 is 2.22 bits per heavy atom. The van der Waals surface area contributed by atoms with E-state index in [1.807, 2.05) is 57.2 Å². The number of para-hydroxylation sites is 1. The average molecular weight is 368 g/mol. The fourth-order valence-electron chi connectivity index (χ4n) is 2.42. The molecule has 2 N–H and O–H groups in total. The molecule has 6 heteroatoms. The van der Waals surface area contributed by atoms with E-state index in [9.17, 15) is 14.4 Å². The van der Waals surface area contributed by atoms with Crippen LogP contribution in [0.3, 0.4) is 0 Å². The van der Waals surface area contributed by atoms with Gasteiger partial charge in [0.25, 0.3) is 5.91 Å². The molecule has 6 nitrogen and oxygen atoms in total. The first-order valence-electron chi connectivity index (χ1n) is 8.73. The fourth-order valence-corrected chi connectivity index (χ4v) is 2.42. The van der Waals surface area contributed by atoms with Crippen LogP contribution in [0.2, 0.25) is 0 Å². The number of hydrogen-bond acceptors (Lipinski definition) is 4. The number of carbonyl (C=O) groups excluding carboxylic acids is 3. The topological polar surface area (TPSA) is 84.5 Å². The van der Waals surface area contributed by atoms with Crippen LogP contribution in [0.15, 0.2) is 42.5 Å². The first-order valence-corrected chi connectivity index (χ1v) is 8.73. The number of hydrogen-bond donors (Lipinski definition) is 2. The zero-order chi connectivity index (χ0) is 19.8. The van der Waals surface area contributed by atoms with E-state index in [0.29, 0.717) is 11.4 Å². The molecule has 2 aromatic rings. The molecule has 142 valence electrons. The number of aryl methyl sites for hydroxylation is 3. The van der Waals surface area contributed by atoms with E-state index < -0.39 is 11.9 Å². The molecule has 0 aliphatic rings. The molecule has 0 atom stereocenters. The highest BCUT2D eigenvalue weighted by atomic mass is 16.5. The van der Waals surface area contributed by atoms with E-state index in [-0.39, 0.29) is 25.4 Å². The van der Waals surface area contributed by atoms with Gasteiger partial charge in [0.1, 0.15) is 0 Å². The largest absolute Gasteiger partial charge is 0.456 e. The molecule has 0 unspecified atom stereocenters. The molecule has 0 heterocycles. The van der Waals surface area contributed by atoms with Gasteiger partial charge < -0.3 is 15.4 Å². The summed E-state index contributed by atoms with van der Waals surface area (Å²) in [6.45, 7) is 5.31. The minimum Gasteiger partial charge on any atom is -0.456 e. The van der Waals surface area contributed by atoms with Crippen molar-refractivity contribution < 1.29 is 19.1 Å². The molecule has 0 aliphatic heterocycles. The van der Waals surface area contributed by atoms with Crippen LogP contribution < -0.4 is 10.6 Å². The number of nitrogens with one attached hydrogen (secondary N) is 2. The highest BCUT2D eigenvalue weighted by Crippen LogP contribution is 2.16. The average Bonchev–Trinajstić information content (AvgIpc) is 2.63. The quantitative estimate of drug-likeness (QED) is 0.733. The second kappa shape index (κ2) is 9.52. The van der Waals surface area contributed by atoms with E-state index in [2.05, 4.69) is 10.6 Å². The van der Waals surface area contributed by atoms with Crippen LogP contribution in [0, 0.1) is 20.8 Å². The molecule has 0 radical (unpaired) electrons. The third-order valence-electron chi connectivity index (χ3n) is 4.01. The lowest BCUT2D eigenvalue weighted by Gasteiger charge is -2.10. The minimum atomic E-state index is -0.592. The van der Waals surface area contributed by atoms with Gasteiger partial charge in [-0.1, -0.05) is 30.3 Å². The fraction of sp³-hybridized carbons (Fsp3) is 0.286. The van der Waals surface area contributed by atoms with Crippen molar-refractivity contribution in [2.24, 2.45) is 0 Å². The first kappa shape index (κ1) is 20.2. The van der Waals surface area contributed by atoms with E-state index in [4.69, 9.17) is 4.74 Å². The number of carbonyl (C=O) groups is 3. The molecule has 0 fully saturated rings. The number of esters is 1. The van der Waals surface area contributed by atoms with Gasteiger partial charge >= 0.3 is 5.97 Å². The van der Waals surface area contributed by atoms with Gasteiger partial charge in [0.05, 0.1) is 6.42 Å². The van der Waals surface area contributed by atoms with Crippen molar-refractivity contribution >= 4 is 29.2 Å². The predicted molar refractivity (Wildman–Crippen MR) is 105 cm³/mol. The maximum Gasteiger partial charge on any atom is 0.306 e. The van der Waals surface area contributed by atoms with Gasteiger partial charge in [-0.3, -0.25) is 14.4 Å². The Labute approximate surface area is 158 Å². The van der Waals surface area contributed by atoms with Crippen LogP contribution in [0.5, 0.6) is 0 Å². The van der Waals surface area contributed by atoms with Gasteiger partial charge in [0.2, 0.25) is 5.91 Å². The minimum absolute atomic E-state index is 0.00816. The molecular weight excluding hydrogens is 344 g/mol. The van der Waals surface area contributed by atoms with Crippen molar-refractivity contribution in [3.05, 3.63) is 59.2 Å². The predicted octanol–water partition coefficient (Wildman–Crippen LogP) is 3.51. The van der Waals surface area contributed by atoms with Gasteiger partial charge in [-0.25, -0.2) is 0 Å². The summed E-state index contributed by atoms with van der Waals surface area (Å²) in [5.74, 6) is -1.28. The van der Waals surface area contributed by atoms with Crippen molar-refractivity contribution in [2.75, 3.05) is 17.2 Å². The summed E-state index contributed by atoms with van der Waals surface area (Å²) < 4.78 is 4.94. The molecule has 2 rings (SSSR count). The maximum atomic E-state index is 11.9. The summed E-state index contributed by atoms with van der Waals surface area (Å²) >= 11 is 0. The SMILES string of the molecule is Cc1ccc(C)c(NC(=O)COC(=O)CCC(=O)Nc2ccccc2C)c1. The summed E-state index contributed by atoms with van der Waals surface area (Å²) in [5.41, 5.74) is 4.29. The maximum absolute atomic E-state index is 11.9. The van der Waals surface area contributed by atoms with Gasteiger partial charge in [0, 0.05) is 17.8 Å². The molecule has 0 aliphatic carbocycles. The number of amides is 2. The third-order valence-corrected chi connectivity index (χ3v) is 4.01. The van der Waals surface area contributed by atoms with Gasteiger partial charge in [-0.15, -0.1) is 0 Å². The van der Waals surface area contributed by atoms with Gasteiger partial charge in [0.15, 0.2) is 6.61 Å². The smallest absolute Gasteiger partial charge is 0.306 e. The lowest BCUT2D eigenvalue weighted by Crippen LogP contribution is -2.22. The van der Waals surface area contributed by atoms with Crippen LogP contribution in [-0.2, 0) is 19.1 Å².